The van der Waals surface area contributed by atoms with E-state index in [1.165, 1.54) is 24.3 Å². The van der Waals surface area contributed by atoms with E-state index >= 15 is 0 Å². The number of rotatable bonds is 6. The Kier molecular flexibility index (Phi) is 4.89. The first-order chi connectivity index (χ1) is 12.7. The normalized spacial score (nSPS) is 12.0. The number of carbonyl (C=O) groups excluding carboxylic acids is 1. The van der Waals surface area contributed by atoms with Crippen molar-refractivity contribution in [1.29, 1.82) is 0 Å². The summed E-state index contributed by atoms with van der Waals surface area (Å²) in [5.41, 5.74) is 0.919. The fourth-order valence-electron chi connectivity index (χ4n) is 2.39. The molecule has 142 valence electrons. The van der Waals surface area contributed by atoms with Gasteiger partial charge in [-0.3, -0.25) is 9.52 Å². The van der Waals surface area contributed by atoms with Gasteiger partial charge in [-0.25, -0.2) is 21.6 Å². The second-order valence-corrected chi connectivity index (χ2v) is 9.08. The maximum atomic E-state index is 12.4. The lowest BCUT2D eigenvalue weighted by Gasteiger charge is -2.08. The maximum Gasteiger partial charge on any atom is 0.264 e. The fraction of sp³-hybridized carbons (Fsp3) is 0.125. The highest BCUT2D eigenvalue weighted by Crippen LogP contribution is 2.21. The average molecular weight is 409 g/mol. The molecule has 0 saturated carbocycles. The Labute approximate surface area is 155 Å². The summed E-state index contributed by atoms with van der Waals surface area (Å²) in [6.07, 6.45) is 0. The average Bonchev–Trinajstić information content (AvgIpc) is 2.96. The number of amides is 1. The number of nitrogens with zero attached hydrogens (tertiary/aromatic N) is 1. The summed E-state index contributed by atoms with van der Waals surface area (Å²) in [6.45, 7) is 1.08. The van der Waals surface area contributed by atoms with Crippen LogP contribution in [0.2, 0.25) is 0 Å². The number of sulfonamides is 2. The zero-order valence-electron chi connectivity index (χ0n) is 14.0. The molecule has 0 unspecified atom stereocenters. The smallest absolute Gasteiger partial charge is 0.264 e. The van der Waals surface area contributed by atoms with Gasteiger partial charge in [0.05, 0.1) is 4.90 Å². The molecule has 2 N–H and O–H groups in total. The minimum atomic E-state index is -3.98. The van der Waals surface area contributed by atoms with E-state index in [1.54, 1.807) is 24.3 Å². The van der Waals surface area contributed by atoms with E-state index in [9.17, 15) is 21.6 Å². The number of anilines is 1. The highest BCUT2D eigenvalue weighted by Gasteiger charge is 2.19. The minimum absolute atomic E-state index is 0.164. The molecule has 0 radical (unpaired) electrons. The van der Waals surface area contributed by atoms with E-state index < -0.39 is 31.7 Å². The summed E-state index contributed by atoms with van der Waals surface area (Å²) in [7, 11) is -7.79. The van der Waals surface area contributed by atoms with Crippen LogP contribution in [0.15, 0.2) is 57.9 Å². The number of aromatic nitrogens is 1. The quantitative estimate of drug-likeness (QED) is 0.631. The SMILES string of the molecule is CC(=O)NS(=O)(=O)c1ccc(NS(=O)(=O)Cc2noc3ccccc23)cc1. The molecule has 0 atom stereocenters. The van der Waals surface area contributed by atoms with Crippen LogP contribution in [0.4, 0.5) is 5.69 Å². The molecule has 1 aromatic heterocycles. The Morgan fingerprint density at radius 1 is 1.04 bits per heavy atom. The van der Waals surface area contributed by atoms with Crippen LogP contribution in [0.3, 0.4) is 0 Å². The monoisotopic (exact) mass is 409 g/mol. The van der Waals surface area contributed by atoms with Gasteiger partial charge in [0.15, 0.2) is 5.58 Å². The van der Waals surface area contributed by atoms with Crippen molar-refractivity contribution in [2.45, 2.75) is 17.6 Å². The minimum Gasteiger partial charge on any atom is -0.356 e. The number of hydrogen-bond acceptors (Lipinski definition) is 7. The molecule has 0 spiro atoms. The Bertz CT molecular complexity index is 1200. The zero-order valence-corrected chi connectivity index (χ0v) is 15.7. The Hall–Kier alpha value is -2.92. The highest BCUT2D eigenvalue weighted by atomic mass is 32.2. The van der Waals surface area contributed by atoms with Crippen molar-refractivity contribution in [2.75, 3.05) is 4.72 Å². The summed E-state index contributed by atoms with van der Waals surface area (Å²) >= 11 is 0. The molecule has 0 fully saturated rings. The first-order valence-corrected chi connectivity index (χ1v) is 10.8. The second kappa shape index (κ2) is 7.00. The van der Waals surface area contributed by atoms with E-state index in [0.29, 0.717) is 11.0 Å². The fourth-order valence-corrected chi connectivity index (χ4v) is 4.51. The molecule has 0 aliphatic carbocycles. The predicted molar refractivity (Wildman–Crippen MR) is 97.7 cm³/mol. The van der Waals surface area contributed by atoms with Crippen LogP contribution in [0.5, 0.6) is 0 Å². The number of fused-ring (bicyclic) bond motifs is 1. The van der Waals surface area contributed by atoms with Gasteiger partial charge in [0, 0.05) is 18.0 Å². The topological polar surface area (TPSA) is 135 Å². The van der Waals surface area contributed by atoms with Gasteiger partial charge in [-0.1, -0.05) is 17.3 Å². The Morgan fingerprint density at radius 2 is 1.70 bits per heavy atom. The molecule has 3 aromatic rings. The Balaban J connectivity index is 1.77. The number of benzene rings is 2. The molecule has 2 aromatic carbocycles. The van der Waals surface area contributed by atoms with E-state index in [4.69, 9.17) is 4.52 Å². The molecule has 0 aliphatic heterocycles. The summed E-state index contributed by atoms with van der Waals surface area (Å²) in [5, 5.41) is 4.38. The largest absolute Gasteiger partial charge is 0.356 e. The first-order valence-electron chi connectivity index (χ1n) is 7.63. The summed E-state index contributed by atoms with van der Waals surface area (Å²) in [5.74, 6) is -1.13. The van der Waals surface area contributed by atoms with Gasteiger partial charge in [0.25, 0.3) is 10.0 Å². The summed E-state index contributed by atoms with van der Waals surface area (Å²) < 4.78 is 57.8. The first kappa shape index (κ1) is 18.9. The molecular formula is C16H15N3O6S2. The molecular weight excluding hydrogens is 394 g/mol. The van der Waals surface area contributed by atoms with E-state index in [1.807, 2.05) is 4.72 Å². The van der Waals surface area contributed by atoms with Crippen molar-refractivity contribution in [2.24, 2.45) is 0 Å². The number of nitrogens with one attached hydrogen (secondary N) is 2. The summed E-state index contributed by atoms with van der Waals surface area (Å²) in [6, 6.07) is 11.8. The van der Waals surface area contributed by atoms with E-state index in [-0.39, 0.29) is 16.3 Å². The van der Waals surface area contributed by atoms with Crippen LogP contribution in [-0.2, 0) is 30.6 Å². The molecule has 1 amide bonds. The van der Waals surface area contributed by atoms with Gasteiger partial charge in [-0.2, -0.15) is 0 Å². The Morgan fingerprint density at radius 3 is 2.37 bits per heavy atom. The van der Waals surface area contributed by atoms with Crippen LogP contribution >= 0.6 is 0 Å². The van der Waals surface area contributed by atoms with Crippen molar-refractivity contribution in [3.05, 3.63) is 54.2 Å². The van der Waals surface area contributed by atoms with Crippen LogP contribution in [0.1, 0.15) is 12.6 Å². The van der Waals surface area contributed by atoms with Crippen molar-refractivity contribution in [3.63, 3.8) is 0 Å². The van der Waals surface area contributed by atoms with Gasteiger partial charge in [0.2, 0.25) is 15.9 Å². The molecule has 0 saturated heterocycles. The van der Waals surface area contributed by atoms with Crippen LogP contribution in [-0.4, -0.2) is 27.9 Å². The third kappa shape index (κ3) is 4.44. The number of para-hydroxylation sites is 1. The molecule has 9 nitrogen and oxygen atoms in total. The highest BCUT2D eigenvalue weighted by molar-refractivity contribution is 7.92. The van der Waals surface area contributed by atoms with Gasteiger partial charge >= 0.3 is 0 Å². The third-order valence-electron chi connectivity index (χ3n) is 3.49. The second-order valence-electron chi connectivity index (χ2n) is 5.67. The van der Waals surface area contributed by atoms with Gasteiger partial charge < -0.3 is 4.52 Å². The van der Waals surface area contributed by atoms with Crippen molar-refractivity contribution >= 4 is 42.6 Å². The lowest BCUT2D eigenvalue weighted by molar-refractivity contribution is -0.117. The van der Waals surface area contributed by atoms with E-state index in [0.717, 1.165) is 6.92 Å². The molecule has 27 heavy (non-hydrogen) atoms. The molecule has 1 heterocycles. The van der Waals surface area contributed by atoms with Crippen LogP contribution in [0, 0.1) is 0 Å². The third-order valence-corrected chi connectivity index (χ3v) is 6.14. The lowest BCUT2D eigenvalue weighted by atomic mass is 10.2. The number of hydrogen-bond donors (Lipinski definition) is 2. The standard InChI is InChI=1S/C16H15N3O6S2/c1-11(20)18-27(23,24)13-8-6-12(7-9-13)19-26(21,22)10-15-14-4-2-3-5-16(14)25-17-15/h2-9,19H,10H2,1H3,(H,18,20). The summed E-state index contributed by atoms with van der Waals surface area (Å²) in [4.78, 5) is 10.8. The van der Waals surface area contributed by atoms with Gasteiger partial charge in [0.1, 0.15) is 11.4 Å². The zero-order chi connectivity index (χ0) is 19.7. The molecule has 3 rings (SSSR count). The molecule has 0 aliphatic rings. The lowest BCUT2D eigenvalue weighted by Crippen LogP contribution is -2.28. The molecule has 11 heteroatoms. The van der Waals surface area contributed by atoms with Crippen molar-refractivity contribution in [1.82, 2.24) is 9.88 Å². The van der Waals surface area contributed by atoms with E-state index in [2.05, 4.69) is 9.88 Å². The van der Waals surface area contributed by atoms with Crippen molar-refractivity contribution in [3.8, 4) is 0 Å². The maximum absolute atomic E-state index is 12.4. The van der Waals surface area contributed by atoms with Crippen molar-refractivity contribution < 1.29 is 26.2 Å². The predicted octanol–water partition coefficient (Wildman–Crippen LogP) is 1.59. The number of carbonyl (C=O) groups is 1. The van der Waals surface area contributed by atoms with Crippen LogP contribution < -0.4 is 9.44 Å². The van der Waals surface area contributed by atoms with Gasteiger partial charge in [-0.05, 0) is 36.4 Å². The van der Waals surface area contributed by atoms with Gasteiger partial charge in [-0.15, -0.1) is 0 Å². The van der Waals surface area contributed by atoms with Crippen LogP contribution in [0.25, 0.3) is 11.0 Å². The molecule has 0 bridgehead atoms.